The van der Waals surface area contributed by atoms with Crippen LogP contribution in [0.3, 0.4) is 0 Å². The van der Waals surface area contributed by atoms with E-state index in [-0.39, 0.29) is 35.7 Å². The summed E-state index contributed by atoms with van der Waals surface area (Å²) in [6.45, 7) is 2.95. The van der Waals surface area contributed by atoms with Gasteiger partial charge >= 0.3 is 0 Å². The maximum atomic E-state index is 13.9. The number of benzene rings is 1. The Balaban J connectivity index is 0.00000392. The van der Waals surface area contributed by atoms with Gasteiger partial charge in [-0.05, 0) is 50.6 Å². The maximum Gasteiger partial charge on any atom is 0.220 e. The SMILES string of the molecule is CN=C(NCc1ccc(F)c(CN(C)C)c1)N1CCC(CC(=O)NC)CC1.I. The first-order valence-corrected chi connectivity index (χ1v) is 9.51. The van der Waals surface area contributed by atoms with Gasteiger partial charge in [0.05, 0.1) is 0 Å². The molecule has 2 N–H and O–H groups in total. The fraction of sp³-hybridized carbons (Fsp3) is 0.600. The Morgan fingerprint density at radius 3 is 2.57 bits per heavy atom. The van der Waals surface area contributed by atoms with E-state index in [4.69, 9.17) is 0 Å². The topological polar surface area (TPSA) is 60.0 Å². The molecule has 8 heteroatoms. The van der Waals surface area contributed by atoms with Crippen LogP contribution < -0.4 is 10.6 Å². The quantitative estimate of drug-likeness (QED) is 0.355. The second kappa shape index (κ2) is 12.2. The number of aliphatic imine (C=N–C) groups is 1. The van der Waals surface area contributed by atoms with Crippen LogP contribution in [0.5, 0.6) is 0 Å². The van der Waals surface area contributed by atoms with E-state index in [0.717, 1.165) is 37.5 Å². The van der Waals surface area contributed by atoms with Gasteiger partial charge in [0.2, 0.25) is 5.91 Å². The summed E-state index contributed by atoms with van der Waals surface area (Å²) in [4.78, 5) is 20.1. The molecule has 2 rings (SSSR count). The number of halogens is 2. The molecule has 1 aromatic rings. The Bertz CT molecular complexity index is 660. The van der Waals surface area contributed by atoms with Gasteiger partial charge in [-0.25, -0.2) is 4.39 Å². The lowest BCUT2D eigenvalue weighted by Gasteiger charge is -2.34. The second-order valence-corrected chi connectivity index (χ2v) is 7.37. The van der Waals surface area contributed by atoms with Gasteiger partial charge in [0.25, 0.3) is 0 Å². The zero-order valence-corrected chi connectivity index (χ0v) is 19.6. The molecule has 0 atom stereocenters. The number of guanidine groups is 1. The minimum absolute atomic E-state index is 0. The van der Waals surface area contributed by atoms with Gasteiger partial charge in [-0.3, -0.25) is 9.79 Å². The standard InChI is InChI=1S/C20H32FN5O.HI/c1-22-19(27)12-15-7-9-26(10-8-15)20(23-2)24-13-16-5-6-18(21)17(11-16)14-25(3)4;/h5-6,11,15H,7-10,12-14H2,1-4H3,(H,22,27)(H,23,24);1H. The molecule has 1 amide bonds. The van der Waals surface area contributed by atoms with Crippen molar-refractivity contribution in [3.05, 3.63) is 35.1 Å². The van der Waals surface area contributed by atoms with Gasteiger partial charge in [0, 0.05) is 52.3 Å². The van der Waals surface area contributed by atoms with Crippen LogP contribution in [-0.4, -0.2) is 62.9 Å². The second-order valence-electron chi connectivity index (χ2n) is 7.37. The van der Waals surface area contributed by atoms with Gasteiger partial charge in [0.15, 0.2) is 5.96 Å². The normalized spacial score (nSPS) is 15.4. The predicted molar refractivity (Wildman–Crippen MR) is 122 cm³/mol. The van der Waals surface area contributed by atoms with Crippen molar-refractivity contribution >= 4 is 35.8 Å². The number of hydrogen-bond donors (Lipinski definition) is 2. The Morgan fingerprint density at radius 1 is 1.32 bits per heavy atom. The number of amides is 1. The molecular formula is C20H33FIN5O. The monoisotopic (exact) mass is 505 g/mol. The molecule has 1 aliphatic rings. The molecule has 28 heavy (non-hydrogen) atoms. The van der Waals surface area contributed by atoms with Crippen molar-refractivity contribution in [1.82, 2.24) is 20.4 Å². The van der Waals surface area contributed by atoms with E-state index in [1.165, 1.54) is 6.07 Å². The first kappa shape index (κ1) is 24.6. The van der Waals surface area contributed by atoms with E-state index in [2.05, 4.69) is 20.5 Å². The lowest BCUT2D eigenvalue weighted by molar-refractivity contribution is -0.121. The fourth-order valence-corrected chi connectivity index (χ4v) is 3.43. The highest BCUT2D eigenvalue weighted by Gasteiger charge is 2.23. The summed E-state index contributed by atoms with van der Waals surface area (Å²) in [5.41, 5.74) is 1.73. The van der Waals surface area contributed by atoms with E-state index >= 15 is 0 Å². The summed E-state index contributed by atoms with van der Waals surface area (Å²) in [5.74, 6) is 1.23. The van der Waals surface area contributed by atoms with Crippen molar-refractivity contribution in [2.45, 2.75) is 32.4 Å². The van der Waals surface area contributed by atoms with Crippen molar-refractivity contribution in [3.8, 4) is 0 Å². The molecule has 0 bridgehead atoms. The number of carbonyl (C=O) groups is 1. The third kappa shape index (κ3) is 7.54. The zero-order valence-electron chi connectivity index (χ0n) is 17.3. The van der Waals surface area contributed by atoms with E-state index in [1.807, 2.05) is 31.1 Å². The number of nitrogens with one attached hydrogen (secondary N) is 2. The van der Waals surface area contributed by atoms with Gasteiger partial charge in [-0.2, -0.15) is 0 Å². The summed E-state index contributed by atoms with van der Waals surface area (Å²) in [5, 5.41) is 6.08. The number of rotatable bonds is 6. The van der Waals surface area contributed by atoms with E-state index in [1.54, 1.807) is 14.1 Å². The van der Waals surface area contributed by atoms with Crippen molar-refractivity contribution in [2.24, 2.45) is 10.9 Å². The van der Waals surface area contributed by atoms with Gasteiger partial charge in [0.1, 0.15) is 5.82 Å². The van der Waals surface area contributed by atoms with Crippen molar-refractivity contribution in [2.75, 3.05) is 41.3 Å². The summed E-state index contributed by atoms with van der Waals surface area (Å²) in [6.07, 6.45) is 2.57. The third-order valence-electron chi connectivity index (χ3n) is 4.93. The number of nitrogens with zero attached hydrogens (tertiary/aromatic N) is 3. The Labute approximate surface area is 185 Å². The summed E-state index contributed by atoms with van der Waals surface area (Å²) in [7, 11) is 7.32. The molecule has 158 valence electrons. The molecule has 1 fully saturated rings. The largest absolute Gasteiger partial charge is 0.359 e. The fourth-order valence-electron chi connectivity index (χ4n) is 3.43. The predicted octanol–water partition coefficient (Wildman–Crippen LogP) is 2.43. The van der Waals surface area contributed by atoms with E-state index < -0.39 is 0 Å². The molecule has 0 saturated carbocycles. The summed E-state index contributed by atoms with van der Waals surface area (Å²) >= 11 is 0. The molecule has 1 aromatic carbocycles. The molecule has 6 nitrogen and oxygen atoms in total. The molecule has 1 aliphatic heterocycles. The Morgan fingerprint density at radius 2 is 2.00 bits per heavy atom. The van der Waals surface area contributed by atoms with Gasteiger partial charge in [-0.1, -0.05) is 6.07 Å². The molecule has 0 unspecified atom stereocenters. The van der Waals surface area contributed by atoms with Gasteiger partial charge < -0.3 is 20.4 Å². The van der Waals surface area contributed by atoms with Crippen LogP contribution in [-0.2, 0) is 17.9 Å². The van der Waals surface area contributed by atoms with Crippen molar-refractivity contribution < 1.29 is 9.18 Å². The van der Waals surface area contributed by atoms with Crippen LogP contribution in [0.2, 0.25) is 0 Å². The minimum atomic E-state index is -0.171. The number of carbonyl (C=O) groups excluding carboxylic acids is 1. The Hall–Kier alpha value is -1.42. The summed E-state index contributed by atoms with van der Waals surface area (Å²) in [6, 6.07) is 5.25. The zero-order chi connectivity index (χ0) is 19.8. The van der Waals surface area contributed by atoms with Crippen LogP contribution in [0.4, 0.5) is 4.39 Å². The number of piperidine rings is 1. The molecule has 0 aliphatic carbocycles. The first-order chi connectivity index (χ1) is 12.9. The molecule has 0 radical (unpaired) electrons. The molecular weight excluding hydrogens is 472 g/mol. The molecule has 1 saturated heterocycles. The van der Waals surface area contributed by atoms with Crippen LogP contribution in [0.25, 0.3) is 0 Å². The highest BCUT2D eigenvalue weighted by molar-refractivity contribution is 14.0. The third-order valence-corrected chi connectivity index (χ3v) is 4.93. The van der Waals surface area contributed by atoms with Crippen LogP contribution in [0.1, 0.15) is 30.4 Å². The maximum absolute atomic E-state index is 13.9. The lowest BCUT2D eigenvalue weighted by Crippen LogP contribution is -2.45. The average Bonchev–Trinajstić information content (AvgIpc) is 2.65. The molecule has 0 spiro atoms. The van der Waals surface area contributed by atoms with Crippen LogP contribution in [0.15, 0.2) is 23.2 Å². The summed E-state index contributed by atoms with van der Waals surface area (Å²) < 4.78 is 13.9. The number of likely N-dealkylation sites (tertiary alicyclic amines) is 1. The average molecular weight is 505 g/mol. The van der Waals surface area contributed by atoms with E-state index in [0.29, 0.717) is 31.0 Å². The first-order valence-electron chi connectivity index (χ1n) is 9.51. The molecule has 1 heterocycles. The van der Waals surface area contributed by atoms with Crippen molar-refractivity contribution in [3.63, 3.8) is 0 Å². The Kier molecular flexibility index (Phi) is 10.7. The van der Waals surface area contributed by atoms with Crippen LogP contribution >= 0.6 is 24.0 Å². The number of hydrogen-bond acceptors (Lipinski definition) is 3. The smallest absolute Gasteiger partial charge is 0.220 e. The minimum Gasteiger partial charge on any atom is -0.359 e. The molecule has 0 aromatic heterocycles. The van der Waals surface area contributed by atoms with Gasteiger partial charge in [-0.15, -0.1) is 24.0 Å². The van der Waals surface area contributed by atoms with Crippen LogP contribution in [0, 0.1) is 11.7 Å². The highest BCUT2D eigenvalue weighted by Crippen LogP contribution is 2.20. The lowest BCUT2D eigenvalue weighted by atomic mass is 9.93. The van der Waals surface area contributed by atoms with E-state index in [9.17, 15) is 9.18 Å². The highest BCUT2D eigenvalue weighted by atomic mass is 127. The van der Waals surface area contributed by atoms with Crippen molar-refractivity contribution in [1.29, 1.82) is 0 Å².